The van der Waals surface area contributed by atoms with E-state index < -0.39 is 0 Å². The van der Waals surface area contributed by atoms with Crippen LogP contribution in [0.5, 0.6) is 0 Å². The molecule has 6 heteroatoms. The summed E-state index contributed by atoms with van der Waals surface area (Å²) in [4.78, 5) is 15.3. The van der Waals surface area contributed by atoms with E-state index in [0.29, 0.717) is 12.5 Å². The van der Waals surface area contributed by atoms with Crippen molar-refractivity contribution in [2.75, 3.05) is 28.6 Å². The van der Waals surface area contributed by atoms with Crippen LogP contribution in [-0.2, 0) is 6.54 Å². The van der Waals surface area contributed by atoms with E-state index in [9.17, 15) is 0 Å². The second-order valence-electron chi connectivity index (χ2n) is 6.69. The zero-order chi connectivity index (χ0) is 18.3. The number of piperidine rings is 1. The summed E-state index contributed by atoms with van der Waals surface area (Å²) in [5, 5.41) is 6.60. The molecule has 0 unspecified atom stereocenters. The summed E-state index contributed by atoms with van der Waals surface area (Å²) in [7, 11) is 0. The molecule has 0 aliphatic carbocycles. The summed E-state index contributed by atoms with van der Waals surface area (Å²) in [5.74, 6) is 1.37. The maximum Gasteiger partial charge on any atom is 0.229 e. The highest BCUT2D eigenvalue weighted by Crippen LogP contribution is 2.23. The molecule has 0 spiro atoms. The number of nitrogens with one attached hydrogen (secondary N) is 2. The van der Waals surface area contributed by atoms with Crippen LogP contribution in [0.15, 0.2) is 61.1 Å². The summed E-state index contributed by atoms with van der Waals surface area (Å²) >= 11 is 0. The van der Waals surface area contributed by atoms with Crippen molar-refractivity contribution in [3.8, 4) is 0 Å². The molecule has 3 heterocycles. The number of nitrogens with zero attached hydrogens (tertiary/aromatic N) is 4. The third-order valence-electron chi connectivity index (χ3n) is 4.72. The van der Waals surface area contributed by atoms with Crippen molar-refractivity contribution in [3.05, 3.63) is 66.6 Å². The lowest BCUT2D eigenvalue weighted by Gasteiger charge is -2.28. The van der Waals surface area contributed by atoms with Gasteiger partial charge in [0.25, 0.3) is 0 Å². The van der Waals surface area contributed by atoms with Crippen LogP contribution in [0.1, 0.15) is 24.8 Å². The van der Waals surface area contributed by atoms with Crippen molar-refractivity contribution in [1.82, 2.24) is 15.0 Å². The molecule has 4 rings (SSSR count). The standard InChI is InChI=1S/C21H24N6/c1-2-14-27(15-3-1)19-6-4-18(5-7-19)25-21-23-13-10-20(26-21)24-16-17-8-11-22-12-9-17/h4-13H,1-3,14-16H2,(H2,23,24,25,26). The summed E-state index contributed by atoms with van der Waals surface area (Å²) in [6, 6.07) is 14.3. The SMILES string of the molecule is c1cc(CNc2ccnc(Nc3ccc(N4CCCCC4)cc3)n2)ccn1. The number of hydrogen-bond acceptors (Lipinski definition) is 6. The Kier molecular flexibility index (Phi) is 5.43. The Balaban J connectivity index is 1.37. The van der Waals surface area contributed by atoms with Crippen LogP contribution in [0, 0.1) is 0 Å². The van der Waals surface area contributed by atoms with Crippen molar-refractivity contribution in [2.24, 2.45) is 0 Å². The van der Waals surface area contributed by atoms with Crippen molar-refractivity contribution in [1.29, 1.82) is 0 Å². The van der Waals surface area contributed by atoms with E-state index in [-0.39, 0.29) is 0 Å². The van der Waals surface area contributed by atoms with Gasteiger partial charge in [0.15, 0.2) is 0 Å². The van der Waals surface area contributed by atoms with Gasteiger partial charge < -0.3 is 15.5 Å². The maximum atomic E-state index is 4.54. The molecule has 27 heavy (non-hydrogen) atoms. The fourth-order valence-electron chi connectivity index (χ4n) is 3.25. The number of rotatable bonds is 6. The predicted molar refractivity (Wildman–Crippen MR) is 109 cm³/mol. The summed E-state index contributed by atoms with van der Waals surface area (Å²) in [5.41, 5.74) is 3.43. The van der Waals surface area contributed by atoms with Gasteiger partial charge in [0, 0.05) is 49.6 Å². The van der Waals surface area contributed by atoms with Gasteiger partial charge in [-0.25, -0.2) is 4.98 Å². The fourth-order valence-corrected chi connectivity index (χ4v) is 3.25. The lowest BCUT2D eigenvalue weighted by atomic mass is 10.1. The van der Waals surface area contributed by atoms with Gasteiger partial charge in [0.05, 0.1) is 0 Å². The molecule has 2 aromatic heterocycles. The minimum absolute atomic E-state index is 0.584. The second-order valence-corrected chi connectivity index (χ2v) is 6.69. The van der Waals surface area contributed by atoms with E-state index in [0.717, 1.165) is 30.2 Å². The summed E-state index contributed by atoms with van der Waals surface area (Å²) in [6.45, 7) is 3.01. The number of anilines is 4. The molecule has 0 bridgehead atoms. The van der Waals surface area contributed by atoms with E-state index in [1.807, 2.05) is 18.2 Å². The van der Waals surface area contributed by atoms with Crippen LogP contribution >= 0.6 is 0 Å². The molecule has 1 saturated heterocycles. The normalized spacial score (nSPS) is 14.0. The van der Waals surface area contributed by atoms with Crippen LogP contribution in [0.3, 0.4) is 0 Å². The maximum absolute atomic E-state index is 4.54. The molecule has 1 aliphatic rings. The molecule has 2 N–H and O–H groups in total. The first kappa shape index (κ1) is 17.3. The highest BCUT2D eigenvalue weighted by Gasteiger charge is 2.10. The molecule has 0 saturated carbocycles. The topological polar surface area (TPSA) is 66.0 Å². The monoisotopic (exact) mass is 360 g/mol. The van der Waals surface area contributed by atoms with E-state index in [4.69, 9.17) is 0 Å². The van der Waals surface area contributed by atoms with Gasteiger partial charge in [-0.3, -0.25) is 4.98 Å². The number of benzene rings is 1. The first-order valence-electron chi connectivity index (χ1n) is 9.45. The van der Waals surface area contributed by atoms with Gasteiger partial charge in [-0.15, -0.1) is 0 Å². The second kappa shape index (κ2) is 8.49. The van der Waals surface area contributed by atoms with Crippen molar-refractivity contribution in [2.45, 2.75) is 25.8 Å². The molecular weight excluding hydrogens is 336 g/mol. The Morgan fingerprint density at radius 1 is 0.852 bits per heavy atom. The van der Waals surface area contributed by atoms with Gasteiger partial charge in [-0.1, -0.05) is 0 Å². The Labute approximate surface area is 159 Å². The number of aromatic nitrogens is 3. The molecule has 0 amide bonds. The quantitative estimate of drug-likeness (QED) is 0.686. The summed E-state index contributed by atoms with van der Waals surface area (Å²) < 4.78 is 0. The highest BCUT2D eigenvalue weighted by atomic mass is 15.1. The highest BCUT2D eigenvalue weighted by molar-refractivity contribution is 5.60. The van der Waals surface area contributed by atoms with Gasteiger partial charge in [0.2, 0.25) is 5.95 Å². The van der Waals surface area contributed by atoms with Gasteiger partial charge >= 0.3 is 0 Å². The Morgan fingerprint density at radius 3 is 2.41 bits per heavy atom. The van der Waals surface area contributed by atoms with Crippen molar-refractivity contribution >= 4 is 23.1 Å². The van der Waals surface area contributed by atoms with E-state index >= 15 is 0 Å². The fraction of sp³-hybridized carbons (Fsp3) is 0.286. The zero-order valence-corrected chi connectivity index (χ0v) is 15.3. The minimum atomic E-state index is 0.584. The average molecular weight is 360 g/mol. The molecule has 3 aromatic rings. The smallest absolute Gasteiger partial charge is 0.229 e. The van der Waals surface area contributed by atoms with E-state index in [1.54, 1.807) is 18.6 Å². The number of hydrogen-bond donors (Lipinski definition) is 2. The molecule has 1 aromatic carbocycles. The Hall–Kier alpha value is -3.15. The molecule has 138 valence electrons. The lowest BCUT2D eigenvalue weighted by Crippen LogP contribution is -2.29. The van der Waals surface area contributed by atoms with Crippen LogP contribution in [0.25, 0.3) is 0 Å². The van der Waals surface area contributed by atoms with E-state index in [1.165, 1.54) is 24.9 Å². The van der Waals surface area contributed by atoms with Crippen molar-refractivity contribution < 1.29 is 0 Å². The average Bonchev–Trinajstić information content (AvgIpc) is 2.75. The van der Waals surface area contributed by atoms with Gasteiger partial charge in [0.1, 0.15) is 5.82 Å². The van der Waals surface area contributed by atoms with Crippen LogP contribution in [0.4, 0.5) is 23.1 Å². The third-order valence-corrected chi connectivity index (χ3v) is 4.72. The number of pyridine rings is 1. The summed E-state index contributed by atoms with van der Waals surface area (Å²) in [6.07, 6.45) is 9.25. The van der Waals surface area contributed by atoms with Crippen LogP contribution in [0.2, 0.25) is 0 Å². The molecule has 0 atom stereocenters. The van der Waals surface area contributed by atoms with Crippen LogP contribution < -0.4 is 15.5 Å². The molecule has 1 fully saturated rings. The Bertz CT molecular complexity index is 844. The molecule has 0 radical (unpaired) electrons. The Morgan fingerprint density at radius 2 is 1.63 bits per heavy atom. The molecule has 1 aliphatic heterocycles. The lowest BCUT2D eigenvalue weighted by molar-refractivity contribution is 0.578. The largest absolute Gasteiger partial charge is 0.372 e. The zero-order valence-electron chi connectivity index (χ0n) is 15.3. The first-order chi connectivity index (χ1) is 13.4. The molecule has 6 nitrogen and oxygen atoms in total. The van der Waals surface area contributed by atoms with Crippen molar-refractivity contribution in [3.63, 3.8) is 0 Å². The van der Waals surface area contributed by atoms with Gasteiger partial charge in [-0.05, 0) is 67.3 Å². The minimum Gasteiger partial charge on any atom is -0.372 e. The van der Waals surface area contributed by atoms with Gasteiger partial charge in [-0.2, -0.15) is 4.98 Å². The predicted octanol–water partition coefficient (Wildman–Crippen LogP) is 4.22. The molecular formula is C21H24N6. The van der Waals surface area contributed by atoms with E-state index in [2.05, 4.69) is 54.8 Å². The third kappa shape index (κ3) is 4.73. The van der Waals surface area contributed by atoms with Crippen LogP contribution in [-0.4, -0.2) is 28.0 Å². The first-order valence-corrected chi connectivity index (χ1v) is 9.45.